The number of benzene rings is 1. The third kappa shape index (κ3) is 2.37. The van der Waals surface area contributed by atoms with E-state index in [1.54, 1.807) is 0 Å². The van der Waals surface area contributed by atoms with Gasteiger partial charge in [0.05, 0.1) is 5.69 Å². The Labute approximate surface area is 129 Å². The fraction of sp³-hybridized carbons (Fsp3) is 0.222. The van der Waals surface area contributed by atoms with Crippen molar-refractivity contribution in [3.05, 3.63) is 65.1 Å². The Balaban J connectivity index is 2.03. The van der Waals surface area contributed by atoms with E-state index in [0.29, 0.717) is 5.69 Å². The zero-order valence-electron chi connectivity index (χ0n) is 13.1. The van der Waals surface area contributed by atoms with Crippen molar-refractivity contribution < 1.29 is 4.79 Å². The van der Waals surface area contributed by atoms with Crippen molar-refractivity contribution in [2.45, 2.75) is 27.2 Å². The summed E-state index contributed by atoms with van der Waals surface area (Å²) in [5.74, 6) is -0.128. The maximum atomic E-state index is 12.7. The average molecular weight is 293 g/mol. The van der Waals surface area contributed by atoms with Crippen molar-refractivity contribution in [1.82, 2.24) is 9.38 Å². The summed E-state index contributed by atoms with van der Waals surface area (Å²) >= 11 is 0. The van der Waals surface area contributed by atoms with Crippen LogP contribution in [0.1, 0.15) is 34.2 Å². The normalized spacial score (nSPS) is 10.9. The molecule has 0 spiro atoms. The quantitative estimate of drug-likeness (QED) is 0.799. The van der Waals surface area contributed by atoms with Crippen LogP contribution in [-0.4, -0.2) is 15.3 Å². The van der Waals surface area contributed by atoms with Gasteiger partial charge in [0.1, 0.15) is 11.3 Å². The topological polar surface area (TPSA) is 46.4 Å². The molecule has 0 aliphatic rings. The van der Waals surface area contributed by atoms with Crippen molar-refractivity contribution in [3.8, 4) is 0 Å². The van der Waals surface area contributed by atoms with Gasteiger partial charge in [0, 0.05) is 11.9 Å². The van der Waals surface area contributed by atoms with Gasteiger partial charge in [-0.25, -0.2) is 4.98 Å². The van der Waals surface area contributed by atoms with E-state index in [0.717, 1.165) is 34.6 Å². The monoisotopic (exact) mass is 293 g/mol. The van der Waals surface area contributed by atoms with Crippen molar-refractivity contribution in [2.24, 2.45) is 0 Å². The molecule has 22 heavy (non-hydrogen) atoms. The predicted octanol–water partition coefficient (Wildman–Crippen LogP) is 3.77. The summed E-state index contributed by atoms with van der Waals surface area (Å²) in [4.78, 5) is 17.2. The summed E-state index contributed by atoms with van der Waals surface area (Å²) in [6.07, 6.45) is 2.75. The molecule has 1 N–H and O–H groups in total. The van der Waals surface area contributed by atoms with Crippen LogP contribution >= 0.6 is 0 Å². The molecule has 0 saturated carbocycles. The molecule has 0 bridgehead atoms. The fourth-order valence-electron chi connectivity index (χ4n) is 2.72. The van der Waals surface area contributed by atoms with E-state index in [4.69, 9.17) is 0 Å². The molecule has 112 valence electrons. The summed E-state index contributed by atoms with van der Waals surface area (Å²) in [6, 6.07) is 11.8. The SMILES string of the molecule is CCc1ccccc1NC(=O)c1c(C)nc2c(C)cccn12. The lowest BCUT2D eigenvalue weighted by molar-refractivity contribution is 0.102. The van der Waals surface area contributed by atoms with Crippen LogP contribution < -0.4 is 5.32 Å². The Bertz CT molecular complexity index is 849. The number of hydrogen-bond donors (Lipinski definition) is 1. The number of carbonyl (C=O) groups is 1. The Hall–Kier alpha value is -2.62. The summed E-state index contributed by atoms with van der Waals surface area (Å²) < 4.78 is 1.86. The first-order valence-electron chi connectivity index (χ1n) is 7.45. The van der Waals surface area contributed by atoms with Crippen molar-refractivity contribution >= 4 is 17.2 Å². The lowest BCUT2D eigenvalue weighted by atomic mass is 10.1. The molecule has 4 heteroatoms. The van der Waals surface area contributed by atoms with E-state index in [-0.39, 0.29) is 5.91 Å². The number of amides is 1. The number of hydrogen-bond acceptors (Lipinski definition) is 2. The van der Waals surface area contributed by atoms with Gasteiger partial charge in [0.25, 0.3) is 5.91 Å². The van der Waals surface area contributed by atoms with Crippen molar-refractivity contribution in [3.63, 3.8) is 0 Å². The van der Waals surface area contributed by atoms with E-state index in [1.165, 1.54) is 0 Å². The molecule has 2 aromatic heterocycles. The van der Waals surface area contributed by atoms with Crippen LogP contribution in [0.4, 0.5) is 5.69 Å². The fourth-order valence-corrected chi connectivity index (χ4v) is 2.72. The van der Waals surface area contributed by atoms with E-state index in [2.05, 4.69) is 17.2 Å². The maximum Gasteiger partial charge on any atom is 0.274 e. The number of nitrogens with zero attached hydrogens (tertiary/aromatic N) is 2. The molecule has 0 aliphatic carbocycles. The summed E-state index contributed by atoms with van der Waals surface area (Å²) in [7, 11) is 0. The highest BCUT2D eigenvalue weighted by atomic mass is 16.2. The van der Waals surface area contributed by atoms with Crippen molar-refractivity contribution in [2.75, 3.05) is 5.32 Å². The van der Waals surface area contributed by atoms with Gasteiger partial charge in [-0.1, -0.05) is 31.2 Å². The van der Waals surface area contributed by atoms with E-state index < -0.39 is 0 Å². The van der Waals surface area contributed by atoms with Crippen LogP contribution in [0.2, 0.25) is 0 Å². The number of pyridine rings is 1. The van der Waals surface area contributed by atoms with Gasteiger partial charge in [-0.3, -0.25) is 9.20 Å². The second-order valence-electron chi connectivity index (χ2n) is 5.40. The number of fused-ring (bicyclic) bond motifs is 1. The van der Waals surface area contributed by atoms with Crippen molar-refractivity contribution in [1.29, 1.82) is 0 Å². The Morgan fingerprint density at radius 2 is 1.95 bits per heavy atom. The van der Waals surface area contributed by atoms with Crippen LogP contribution in [-0.2, 0) is 6.42 Å². The second kappa shape index (κ2) is 5.64. The number of rotatable bonds is 3. The molecule has 0 unspecified atom stereocenters. The van der Waals surface area contributed by atoms with Gasteiger partial charge in [0.2, 0.25) is 0 Å². The van der Waals surface area contributed by atoms with Gasteiger partial charge in [-0.15, -0.1) is 0 Å². The zero-order valence-corrected chi connectivity index (χ0v) is 13.1. The highest BCUT2D eigenvalue weighted by Gasteiger charge is 2.18. The Morgan fingerprint density at radius 1 is 1.18 bits per heavy atom. The summed E-state index contributed by atoms with van der Waals surface area (Å²) in [5, 5.41) is 3.02. The van der Waals surface area contributed by atoms with E-state index in [1.807, 2.05) is 60.8 Å². The molecule has 4 nitrogen and oxygen atoms in total. The third-order valence-corrected chi connectivity index (χ3v) is 3.88. The number of carbonyl (C=O) groups excluding carboxylic acids is 1. The van der Waals surface area contributed by atoms with E-state index >= 15 is 0 Å². The standard InChI is InChI=1S/C18H19N3O/c1-4-14-9-5-6-10-15(14)20-18(22)16-13(3)19-17-12(2)8-7-11-21(16)17/h5-11H,4H2,1-3H3,(H,20,22). The minimum atomic E-state index is -0.128. The van der Waals surface area contributed by atoms with Gasteiger partial charge >= 0.3 is 0 Å². The number of para-hydroxylation sites is 1. The number of aryl methyl sites for hydroxylation is 3. The predicted molar refractivity (Wildman–Crippen MR) is 88.4 cm³/mol. The first kappa shape index (κ1) is 14.3. The molecule has 0 aliphatic heterocycles. The average Bonchev–Trinajstić information content (AvgIpc) is 2.85. The van der Waals surface area contributed by atoms with Gasteiger partial charge in [0.15, 0.2) is 0 Å². The molecule has 0 fully saturated rings. The Morgan fingerprint density at radius 3 is 2.73 bits per heavy atom. The van der Waals surface area contributed by atoms with Crippen LogP contribution in [0.3, 0.4) is 0 Å². The summed E-state index contributed by atoms with van der Waals surface area (Å²) in [6.45, 7) is 5.94. The molecular weight excluding hydrogens is 274 g/mol. The molecule has 3 aromatic rings. The van der Waals surface area contributed by atoms with Gasteiger partial charge in [-0.05, 0) is 43.5 Å². The van der Waals surface area contributed by atoms with E-state index in [9.17, 15) is 4.79 Å². The Kier molecular flexibility index (Phi) is 3.67. The molecule has 3 rings (SSSR count). The van der Waals surface area contributed by atoms with Gasteiger partial charge < -0.3 is 5.32 Å². The molecule has 1 amide bonds. The second-order valence-corrected chi connectivity index (χ2v) is 5.40. The van der Waals surface area contributed by atoms with Crippen LogP contribution in [0.15, 0.2) is 42.6 Å². The summed E-state index contributed by atoms with van der Waals surface area (Å²) in [5.41, 5.74) is 5.19. The number of aromatic nitrogens is 2. The number of imidazole rings is 1. The van der Waals surface area contributed by atoms with Crippen LogP contribution in [0, 0.1) is 13.8 Å². The first-order chi connectivity index (χ1) is 10.6. The van der Waals surface area contributed by atoms with Gasteiger partial charge in [-0.2, -0.15) is 0 Å². The lowest BCUT2D eigenvalue weighted by Gasteiger charge is -2.10. The molecule has 0 saturated heterocycles. The minimum Gasteiger partial charge on any atom is -0.320 e. The lowest BCUT2D eigenvalue weighted by Crippen LogP contribution is -2.16. The first-order valence-corrected chi connectivity index (χ1v) is 7.45. The molecule has 0 radical (unpaired) electrons. The number of nitrogens with one attached hydrogen (secondary N) is 1. The maximum absolute atomic E-state index is 12.7. The molecule has 2 heterocycles. The highest BCUT2D eigenvalue weighted by molar-refractivity contribution is 6.04. The minimum absolute atomic E-state index is 0.128. The smallest absolute Gasteiger partial charge is 0.274 e. The highest BCUT2D eigenvalue weighted by Crippen LogP contribution is 2.19. The number of anilines is 1. The molecule has 0 atom stereocenters. The molecular formula is C18H19N3O. The van der Waals surface area contributed by atoms with Crippen LogP contribution in [0.5, 0.6) is 0 Å². The zero-order chi connectivity index (χ0) is 15.7. The van der Waals surface area contributed by atoms with Crippen LogP contribution in [0.25, 0.3) is 5.65 Å². The third-order valence-electron chi connectivity index (χ3n) is 3.88. The molecule has 1 aromatic carbocycles. The largest absolute Gasteiger partial charge is 0.320 e.